The molecule has 0 spiro atoms. The van der Waals surface area contributed by atoms with Gasteiger partial charge >= 0.3 is 0 Å². The highest BCUT2D eigenvalue weighted by molar-refractivity contribution is 7.91. The van der Waals surface area contributed by atoms with Crippen molar-refractivity contribution in [2.24, 2.45) is 0 Å². The Morgan fingerprint density at radius 1 is 0.909 bits per heavy atom. The van der Waals surface area contributed by atoms with Gasteiger partial charge in [0.15, 0.2) is 0 Å². The lowest BCUT2D eigenvalue weighted by Crippen LogP contribution is -2.22. The predicted octanol–water partition coefficient (Wildman–Crippen LogP) is 3.85. The number of hydrogen-bond acceptors (Lipinski definition) is 6. The first-order valence-corrected chi connectivity index (χ1v) is 11.6. The van der Waals surface area contributed by atoms with Crippen molar-refractivity contribution in [1.82, 2.24) is 0 Å². The van der Waals surface area contributed by atoms with E-state index in [0.717, 1.165) is 5.56 Å². The number of aryl methyl sites for hydroxylation is 1. The number of hydrogen-bond donors (Lipinski definition) is 3. The van der Waals surface area contributed by atoms with Crippen LogP contribution < -0.4 is 20.7 Å². The van der Waals surface area contributed by atoms with Crippen molar-refractivity contribution < 1.29 is 22.7 Å². The molecule has 2 amide bonds. The number of anilines is 3. The lowest BCUT2D eigenvalue weighted by molar-refractivity contribution is -0.115. The second kappa shape index (κ2) is 10.2. The fourth-order valence-electron chi connectivity index (χ4n) is 3.15. The van der Waals surface area contributed by atoms with Gasteiger partial charge in [0.1, 0.15) is 5.75 Å². The van der Waals surface area contributed by atoms with E-state index in [1.807, 2.05) is 25.1 Å². The third-order valence-electron chi connectivity index (χ3n) is 4.70. The van der Waals surface area contributed by atoms with E-state index in [0.29, 0.717) is 17.1 Å². The number of amides is 2. The molecular formula is C24H25N3O5S. The minimum absolute atomic E-state index is 0.0301. The maximum Gasteiger partial charge on any atom is 0.243 e. The number of ether oxygens (including phenoxy) is 1. The molecule has 3 N–H and O–H groups in total. The zero-order valence-corrected chi connectivity index (χ0v) is 19.3. The minimum Gasteiger partial charge on any atom is -0.497 e. The summed E-state index contributed by atoms with van der Waals surface area (Å²) >= 11 is 0. The van der Waals surface area contributed by atoms with E-state index in [9.17, 15) is 18.0 Å². The Balaban J connectivity index is 1.84. The Labute approximate surface area is 192 Å². The summed E-state index contributed by atoms with van der Waals surface area (Å²) in [4.78, 5) is 23.6. The van der Waals surface area contributed by atoms with Crippen LogP contribution in [-0.4, -0.2) is 33.9 Å². The average Bonchev–Trinajstić information content (AvgIpc) is 2.77. The van der Waals surface area contributed by atoms with Crippen LogP contribution in [-0.2, 0) is 19.4 Å². The van der Waals surface area contributed by atoms with Gasteiger partial charge in [0.25, 0.3) is 0 Å². The Morgan fingerprint density at radius 3 is 2.27 bits per heavy atom. The molecular weight excluding hydrogens is 442 g/mol. The first-order valence-electron chi connectivity index (χ1n) is 10.1. The highest BCUT2D eigenvalue weighted by Crippen LogP contribution is 2.31. The Morgan fingerprint density at radius 2 is 1.64 bits per heavy atom. The minimum atomic E-state index is -3.95. The second-order valence-corrected chi connectivity index (χ2v) is 9.26. The van der Waals surface area contributed by atoms with E-state index in [-0.39, 0.29) is 33.8 Å². The molecule has 0 aliphatic rings. The summed E-state index contributed by atoms with van der Waals surface area (Å²) in [6, 6.07) is 17.8. The standard InChI is InChI=1S/C24H25N3O5S/c1-16-5-4-6-19(13-16)27-24(29)15-25-22-12-9-20(32-3)14-23(22)33(30,31)21-10-7-18(8-11-21)26-17(2)28/h4-14,25H,15H2,1-3H3,(H,26,28)(H,27,29). The number of rotatable bonds is 8. The summed E-state index contributed by atoms with van der Waals surface area (Å²) in [5, 5.41) is 8.28. The molecule has 3 rings (SSSR count). The number of nitrogens with one attached hydrogen (secondary N) is 3. The van der Waals surface area contributed by atoms with Gasteiger partial charge in [-0.3, -0.25) is 9.59 Å². The van der Waals surface area contributed by atoms with Crippen LogP contribution >= 0.6 is 0 Å². The summed E-state index contributed by atoms with van der Waals surface area (Å²) in [5.74, 6) is -0.216. The lowest BCUT2D eigenvalue weighted by Gasteiger charge is -2.15. The predicted molar refractivity (Wildman–Crippen MR) is 127 cm³/mol. The lowest BCUT2D eigenvalue weighted by atomic mass is 10.2. The van der Waals surface area contributed by atoms with Crippen LogP contribution in [0.1, 0.15) is 12.5 Å². The van der Waals surface area contributed by atoms with Crippen LogP contribution in [0.4, 0.5) is 17.1 Å². The van der Waals surface area contributed by atoms with Gasteiger partial charge in [0.2, 0.25) is 21.7 Å². The average molecular weight is 468 g/mol. The van der Waals surface area contributed by atoms with E-state index in [2.05, 4.69) is 16.0 Å². The fourth-order valence-corrected chi connectivity index (χ4v) is 4.60. The van der Waals surface area contributed by atoms with E-state index in [4.69, 9.17) is 4.74 Å². The molecule has 0 atom stereocenters. The maximum atomic E-state index is 13.3. The second-order valence-electron chi connectivity index (χ2n) is 7.34. The van der Waals surface area contributed by atoms with Crippen LogP contribution in [0.5, 0.6) is 5.75 Å². The van der Waals surface area contributed by atoms with Crippen molar-refractivity contribution in [2.45, 2.75) is 23.6 Å². The molecule has 0 aliphatic carbocycles. The fraction of sp³-hybridized carbons (Fsp3) is 0.167. The molecule has 0 fully saturated rings. The van der Waals surface area contributed by atoms with Crippen molar-refractivity contribution in [3.8, 4) is 5.75 Å². The SMILES string of the molecule is COc1ccc(NCC(=O)Nc2cccc(C)c2)c(S(=O)(=O)c2ccc(NC(C)=O)cc2)c1. The number of benzene rings is 3. The van der Waals surface area contributed by atoms with Gasteiger partial charge in [-0.1, -0.05) is 12.1 Å². The molecule has 0 saturated heterocycles. The van der Waals surface area contributed by atoms with Crippen molar-refractivity contribution in [2.75, 3.05) is 29.6 Å². The number of carbonyl (C=O) groups is 2. The van der Waals surface area contributed by atoms with Gasteiger partial charge in [-0.05, 0) is 61.0 Å². The zero-order chi connectivity index (χ0) is 24.0. The van der Waals surface area contributed by atoms with Gasteiger partial charge in [-0.2, -0.15) is 0 Å². The van der Waals surface area contributed by atoms with Gasteiger partial charge < -0.3 is 20.7 Å². The molecule has 172 valence electrons. The first kappa shape index (κ1) is 23.8. The van der Waals surface area contributed by atoms with Crippen molar-refractivity contribution in [3.05, 3.63) is 72.3 Å². The highest BCUT2D eigenvalue weighted by Gasteiger charge is 2.23. The van der Waals surface area contributed by atoms with Crippen LogP contribution in [0.25, 0.3) is 0 Å². The zero-order valence-electron chi connectivity index (χ0n) is 18.5. The van der Waals surface area contributed by atoms with Crippen molar-refractivity contribution >= 4 is 38.7 Å². The van der Waals surface area contributed by atoms with Crippen molar-refractivity contribution in [3.63, 3.8) is 0 Å². The van der Waals surface area contributed by atoms with Gasteiger partial charge in [0.05, 0.1) is 29.1 Å². The third-order valence-corrected chi connectivity index (χ3v) is 6.51. The van der Waals surface area contributed by atoms with Crippen LogP contribution in [0, 0.1) is 6.92 Å². The molecule has 0 bridgehead atoms. The molecule has 3 aromatic rings. The van der Waals surface area contributed by atoms with Crippen LogP contribution in [0.3, 0.4) is 0 Å². The highest BCUT2D eigenvalue weighted by atomic mass is 32.2. The van der Waals surface area contributed by atoms with Gasteiger partial charge in [-0.25, -0.2) is 8.42 Å². The number of carbonyl (C=O) groups excluding carboxylic acids is 2. The summed E-state index contributed by atoms with van der Waals surface area (Å²) in [6.07, 6.45) is 0. The molecule has 0 radical (unpaired) electrons. The normalized spacial score (nSPS) is 10.9. The number of methoxy groups -OCH3 is 1. The largest absolute Gasteiger partial charge is 0.497 e. The van der Waals surface area contributed by atoms with Crippen molar-refractivity contribution in [1.29, 1.82) is 0 Å². The molecule has 0 heterocycles. The Kier molecular flexibility index (Phi) is 7.34. The molecule has 0 saturated carbocycles. The molecule has 0 unspecified atom stereocenters. The molecule has 0 aliphatic heterocycles. The number of sulfone groups is 1. The molecule has 8 nitrogen and oxygen atoms in total. The first-order chi connectivity index (χ1) is 15.7. The quantitative estimate of drug-likeness (QED) is 0.464. The summed E-state index contributed by atoms with van der Waals surface area (Å²) in [7, 11) is -2.51. The van der Waals surface area contributed by atoms with Crippen LogP contribution in [0.2, 0.25) is 0 Å². The smallest absolute Gasteiger partial charge is 0.243 e. The topological polar surface area (TPSA) is 114 Å². The van der Waals surface area contributed by atoms with E-state index < -0.39 is 9.84 Å². The van der Waals surface area contributed by atoms with Crippen LogP contribution in [0.15, 0.2) is 76.5 Å². The maximum absolute atomic E-state index is 13.3. The summed E-state index contributed by atoms with van der Waals surface area (Å²) in [5.41, 5.74) is 2.41. The molecule has 3 aromatic carbocycles. The monoisotopic (exact) mass is 467 g/mol. The van der Waals surface area contributed by atoms with E-state index in [1.165, 1.54) is 44.4 Å². The summed E-state index contributed by atoms with van der Waals surface area (Å²) in [6.45, 7) is 3.16. The van der Waals surface area contributed by atoms with Gasteiger partial charge in [-0.15, -0.1) is 0 Å². The molecule has 33 heavy (non-hydrogen) atoms. The summed E-state index contributed by atoms with van der Waals surface area (Å²) < 4.78 is 31.9. The van der Waals surface area contributed by atoms with E-state index >= 15 is 0 Å². The van der Waals surface area contributed by atoms with E-state index in [1.54, 1.807) is 18.2 Å². The van der Waals surface area contributed by atoms with Gasteiger partial charge in [0, 0.05) is 24.4 Å². The third kappa shape index (κ3) is 6.11. The molecule has 0 aromatic heterocycles. The Bertz CT molecular complexity index is 1270. The Hall–Kier alpha value is -3.85. The molecule has 9 heteroatoms.